The molecule has 2 rings (SSSR count). The van der Waals surface area contributed by atoms with E-state index in [9.17, 15) is 13.2 Å². The molecule has 0 fully saturated rings. The molecule has 0 aliphatic heterocycles. The van der Waals surface area contributed by atoms with E-state index in [0.717, 1.165) is 4.31 Å². The fraction of sp³-hybridized carbons (Fsp3) is 0.200. The zero-order valence-electron chi connectivity index (χ0n) is 10.2. The number of nitrogens with zero attached hydrogens (tertiary/aromatic N) is 2. The number of sulfonamides is 1. The quantitative estimate of drug-likeness (QED) is 0.917. The van der Waals surface area contributed by atoms with Gasteiger partial charge in [0.1, 0.15) is 0 Å². The molecule has 0 spiro atoms. The first-order valence-corrected chi connectivity index (χ1v) is 7.46. The highest BCUT2D eigenvalue weighted by molar-refractivity contribution is 7.88. The van der Waals surface area contributed by atoms with Crippen molar-refractivity contribution < 1.29 is 17.6 Å². The summed E-state index contributed by atoms with van der Waals surface area (Å²) >= 11 is 1.25. The van der Waals surface area contributed by atoms with Gasteiger partial charge in [0.2, 0.25) is 5.09 Å². The number of thiazole rings is 1. The minimum absolute atomic E-state index is 0.0874. The second kappa shape index (κ2) is 5.11. The molecule has 0 bridgehead atoms. The van der Waals surface area contributed by atoms with E-state index in [4.69, 9.17) is 4.42 Å². The molecule has 0 radical (unpaired) electrons. The smallest absolute Gasteiger partial charge is 0.293 e. The molecular weight excluding hydrogens is 290 g/mol. The van der Waals surface area contributed by atoms with Crippen molar-refractivity contribution in [1.29, 1.82) is 0 Å². The summed E-state index contributed by atoms with van der Waals surface area (Å²) in [7, 11) is -0.914. The number of carbonyl (C=O) groups is 1. The molecule has 2 aromatic rings. The molecule has 0 aliphatic carbocycles. The Morgan fingerprint density at radius 2 is 2.16 bits per heavy atom. The predicted octanol–water partition coefficient (Wildman–Crippen LogP) is 1.24. The maximum absolute atomic E-state index is 11.8. The Hall–Kier alpha value is -1.71. The Bertz CT molecular complexity index is 673. The lowest BCUT2D eigenvalue weighted by Gasteiger charge is -2.07. The normalized spacial score (nSPS) is 11.7. The Morgan fingerprint density at radius 3 is 2.74 bits per heavy atom. The summed E-state index contributed by atoms with van der Waals surface area (Å²) in [5.41, 5.74) is 0. The number of amides is 1. The molecule has 1 amide bonds. The molecule has 0 saturated carbocycles. The third kappa shape index (κ3) is 2.83. The van der Waals surface area contributed by atoms with E-state index in [2.05, 4.69) is 10.3 Å². The highest BCUT2D eigenvalue weighted by Gasteiger charge is 2.23. The van der Waals surface area contributed by atoms with Crippen LogP contribution in [0.5, 0.6) is 0 Å². The van der Waals surface area contributed by atoms with Crippen LogP contribution in [0.15, 0.2) is 33.2 Å². The van der Waals surface area contributed by atoms with Crippen LogP contribution < -0.4 is 5.32 Å². The number of nitrogens with one attached hydrogen (secondary N) is 1. The minimum Gasteiger partial charge on any atom is -0.438 e. The van der Waals surface area contributed by atoms with Gasteiger partial charge in [-0.1, -0.05) is 0 Å². The van der Waals surface area contributed by atoms with Gasteiger partial charge in [-0.15, -0.1) is 11.3 Å². The molecule has 2 heterocycles. The van der Waals surface area contributed by atoms with E-state index in [-0.39, 0.29) is 10.9 Å². The van der Waals surface area contributed by atoms with Crippen molar-refractivity contribution in [3.05, 3.63) is 29.5 Å². The topological polar surface area (TPSA) is 92.5 Å². The Kier molecular flexibility index (Phi) is 3.69. The molecule has 0 atom stereocenters. The maximum atomic E-state index is 11.8. The first kappa shape index (κ1) is 13.7. The molecule has 7 nitrogen and oxygen atoms in total. The highest BCUT2D eigenvalue weighted by atomic mass is 32.2. The van der Waals surface area contributed by atoms with Crippen LogP contribution in [0, 0.1) is 0 Å². The third-order valence-electron chi connectivity index (χ3n) is 2.19. The van der Waals surface area contributed by atoms with Crippen molar-refractivity contribution >= 4 is 32.4 Å². The van der Waals surface area contributed by atoms with Gasteiger partial charge in [-0.2, -0.15) is 0 Å². The zero-order chi connectivity index (χ0) is 14.0. The van der Waals surface area contributed by atoms with Crippen molar-refractivity contribution in [2.75, 3.05) is 19.4 Å². The van der Waals surface area contributed by atoms with E-state index in [0.29, 0.717) is 5.13 Å². The van der Waals surface area contributed by atoms with E-state index >= 15 is 0 Å². The number of aromatic nitrogens is 1. The third-order valence-corrected chi connectivity index (χ3v) is 4.57. The lowest BCUT2D eigenvalue weighted by Crippen LogP contribution is -2.21. The summed E-state index contributed by atoms with van der Waals surface area (Å²) in [4.78, 5) is 15.7. The van der Waals surface area contributed by atoms with E-state index in [1.165, 1.54) is 37.6 Å². The summed E-state index contributed by atoms with van der Waals surface area (Å²) < 4.78 is 29.6. The van der Waals surface area contributed by atoms with Gasteiger partial charge in [-0.25, -0.2) is 17.7 Å². The molecule has 0 aliphatic rings. The zero-order valence-corrected chi connectivity index (χ0v) is 11.8. The van der Waals surface area contributed by atoms with Gasteiger partial charge in [-0.3, -0.25) is 10.1 Å². The van der Waals surface area contributed by atoms with Crippen molar-refractivity contribution in [3.8, 4) is 0 Å². The van der Waals surface area contributed by atoms with Crippen LogP contribution in [0.4, 0.5) is 5.13 Å². The standard InChI is InChI=1S/C10H11N3O4S2/c1-13(2)19(15,16)8-4-3-7(17-8)9(14)12-10-11-5-6-18-10/h3-6H,1-2H3,(H,11,12,14). The fourth-order valence-electron chi connectivity index (χ4n) is 1.20. The molecule has 19 heavy (non-hydrogen) atoms. The van der Waals surface area contributed by atoms with Crippen molar-refractivity contribution in [2.24, 2.45) is 0 Å². The minimum atomic E-state index is -3.68. The fourth-order valence-corrected chi connectivity index (χ4v) is 2.52. The number of hydrogen-bond acceptors (Lipinski definition) is 6. The largest absolute Gasteiger partial charge is 0.438 e. The molecular formula is C10H11N3O4S2. The summed E-state index contributed by atoms with van der Waals surface area (Å²) in [6.07, 6.45) is 1.55. The summed E-state index contributed by atoms with van der Waals surface area (Å²) in [5, 5.41) is 4.35. The van der Waals surface area contributed by atoms with Crippen LogP contribution in [-0.4, -0.2) is 37.7 Å². The van der Waals surface area contributed by atoms with Gasteiger partial charge in [0.25, 0.3) is 15.9 Å². The van der Waals surface area contributed by atoms with Gasteiger partial charge in [0.05, 0.1) is 0 Å². The number of rotatable bonds is 4. The number of carbonyl (C=O) groups excluding carboxylic acids is 1. The van der Waals surface area contributed by atoms with Crippen LogP contribution in [-0.2, 0) is 10.0 Å². The lowest BCUT2D eigenvalue weighted by atomic mass is 10.4. The van der Waals surface area contributed by atoms with Gasteiger partial charge in [0.15, 0.2) is 10.9 Å². The van der Waals surface area contributed by atoms with E-state index in [1.807, 2.05) is 0 Å². The van der Waals surface area contributed by atoms with Crippen molar-refractivity contribution in [3.63, 3.8) is 0 Å². The summed E-state index contributed by atoms with van der Waals surface area (Å²) in [5.74, 6) is -0.634. The Morgan fingerprint density at radius 1 is 1.42 bits per heavy atom. The monoisotopic (exact) mass is 301 g/mol. The van der Waals surface area contributed by atoms with Crippen molar-refractivity contribution in [2.45, 2.75) is 5.09 Å². The predicted molar refractivity (Wildman–Crippen MR) is 69.6 cm³/mol. The number of furan rings is 1. The Balaban J connectivity index is 2.20. The van der Waals surface area contributed by atoms with Gasteiger partial charge >= 0.3 is 0 Å². The average Bonchev–Trinajstić information content (AvgIpc) is 2.98. The second-order valence-corrected chi connectivity index (χ2v) is 6.67. The molecule has 2 aromatic heterocycles. The first-order valence-electron chi connectivity index (χ1n) is 5.14. The van der Waals surface area contributed by atoms with Crippen LogP contribution in [0.3, 0.4) is 0 Å². The van der Waals surface area contributed by atoms with Gasteiger partial charge in [-0.05, 0) is 12.1 Å². The van der Waals surface area contributed by atoms with Crippen LogP contribution in [0.25, 0.3) is 0 Å². The molecule has 0 saturated heterocycles. The average molecular weight is 301 g/mol. The number of hydrogen-bond donors (Lipinski definition) is 1. The summed E-state index contributed by atoms with van der Waals surface area (Å²) in [6, 6.07) is 2.55. The van der Waals surface area contributed by atoms with Crippen LogP contribution >= 0.6 is 11.3 Å². The maximum Gasteiger partial charge on any atom is 0.293 e. The van der Waals surface area contributed by atoms with E-state index < -0.39 is 15.9 Å². The van der Waals surface area contributed by atoms with Crippen LogP contribution in [0.2, 0.25) is 0 Å². The first-order chi connectivity index (χ1) is 8.91. The lowest BCUT2D eigenvalue weighted by molar-refractivity contribution is 0.0991. The van der Waals surface area contributed by atoms with Gasteiger partial charge < -0.3 is 4.42 Å². The van der Waals surface area contributed by atoms with Crippen LogP contribution in [0.1, 0.15) is 10.6 Å². The molecule has 0 unspecified atom stereocenters. The molecule has 9 heteroatoms. The molecule has 1 N–H and O–H groups in total. The number of anilines is 1. The second-order valence-electron chi connectivity index (χ2n) is 3.70. The Labute approximate surface area is 113 Å². The SMILES string of the molecule is CN(C)S(=O)(=O)c1ccc(C(=O)Nc2nccs2)o1. The molecule has 0 aromatic carbocycles. The van der Waals surface area contributed by atoms with Gasteiger partial charge in [0, 0.05) is 25.7 Å². The van der Waals surface area contributed by atoms with E-state index in [1.54, 1.807) is 11.6 Å². The molecule has 102 valence electrons. The summed E-state index contributed by atoms with van der Waals surface area (Å²) in [6.45, 7) is 0. The highest BCUT2D eigenvalue weighted by Crippen LogP contribution is 2.18. The van der Waals surface area contributed by atoms with Crippen molar-refractivity contribution in [1.82, 2.24) is 9.29 Å².